The van der Waals surface area contributed by atoms with Crippen LogP contribution in [-0.4, -0.2) is 14.5 Å². The molecule has 0 amide bonds. The van der Waals surface area contributed by atoms with Crippen LogP contribution in [0.1, 0.15) is 30.4 Å². The van der Waals surface area contributed by atoms with Gasteiger partial charge in [-0.2, -0.15) is 0 Å². The number of thiazole rings is 1. The van der Waals surface area contributed by atoms with Crippen molar-refractivity contribution in [3.63, 3.8) is 0 Å². The highest BCUT2D eigenvalue weighted by molar-refractivity contribution is 7.09. The van der Waals surface area contributed by atoms with Crippen molar-refractivity contribution in [2.75, 3.05) is 0 Å². The molecule has 0 aliphatic rings. The van der Waals surface area contributed by atoms with Gasteiger partial charge in [-0.25, -0.2) is 9.97 Å². The lowest BCUT2D eigenvalue weighted by Crippen LogP contribution is -2.04. The third-order valence-electron chi connectivity index (χ3n) is 3.27. The molecule has 0 radical (unpaired) electrons. The van der Waals surface area contributed by atoms with E-state index in [1.807, 2.05) is 6.07 Å². The van der Waals surface area contributed by atoms with Gasteiger partial charge in [0.15, 0.2) is 0 Å². The number of nitrogens with zero attached hydrogens (tertiary/aromatic N) is 3. The summed E-state index contributed by atoms with van der Waals surface area (Å²) in [7, 11) is 0. The van der Waals surface area contributed by atoms with Crippen LogP contribution in [-0.2, 0) is 19.4 Å². The molecule has 0 N–H and O–H groups in total. The quantitative estimate of drug-likeness (QED) is 0.725. The van der Waals surface area contributed by atoms with Crippen molar-refractivity contribution in [3.8, 4) is 0 Å². The average Bonchev–Trinajstić information content (AvgIpc) is 3.04. The molecule has 0 bridgehead atoms. The minimum atomic E-state index is 0.820. The molecule has 2 aromatic heterocycles. The van der Waals surface area contributed by atoms with Crippen molar-refractivity contribution in [2.24, 2.45) is 0 Å². The van der Waals surface area contributed by atoms with Crippen LogP contribution < -0.4 is 0 Å². The molecular weight excluding hydrogens is 254 g/mol. The zero-order valence-corrected chi connectivity index (χ0v) is 12.1. The first-order chi connectivity index (χ1) is 9.31. The second-order valence-electron chi connectivity index (χ2n) is 4.54. The third kappa shape index (κ3) is 2.28. The van der Waals surface area contributed by atoms with Crippen LogP contribution in [0.5, 0.6) is 0 Å². The summed E-state index contributed by atoms with van der Waals surface area (Å²) < 4.78 is 2.28. The van der Waals surface area contributed by atoms with Crippen molar-refractivity contribution in [1.29, 1.82) is 0 Å². The molecule has 0 aliphatic heterocycles. The smallest absolute Gasteiger partial charge is 0.109 e. The molecule has 0 aliphatic carbocycles. The van der Waals surface area contributed by atoms with Gasteiger partial charge in [-0.3, -0.25) is 0 Å². The minimum Gasteiger partial charge on any atom is -0.322 e. The first-order valence-corrected chi connectivity index (χ1v) is 7.57. The Balaban J connectivity index is 2.03. The Morgan fingerprint density at radius 2 is 1.95 bits per heavy atom. The van der Waals surface area contributed by atoms with Crippen molar-refractivity contribution in [1.82, 2.24) is 14.5 Å². The van der Waals surface area contributed by atoms with Crippen LogP contribution in [0.25, 0.3) is 11.0 Å². The summed E-state index contributed by atoms with van der Waals surface area (Å²) in [4.78, 5) is 9.35. The van der Waals surface area contributed by atoms with E-state index in [9.17, 15) is 0 Å². The first kappa shape index (κ1) is 12.4. The summed E-state index contributed by atoms with van der Waals surface area (Å²) >= 11 is 1.75. The Morgan fingerprint density at radius 1 is 1.11 bits per heavy atom. The normalized spacial score (nSPS) is 11.3. The predicted octanol–water partition coefficient (Wildman–Crippen LogP) is 3.67. The summed E-state index contributed by atoms with van der Waals surface area (Å²) in [5.74, 6) is 1.13. The van der Waals surface area contributed by atoms with Gasteiger partial charge in [-0.05, 0) is 18.6 Å². The van der Waals surface area contributed by atoms with Crippen molar-refractivity contribution in [3.05, 3.63) is 46.2 Å². The number of benzene rings is 1. The zero-order valence-electron chi connectivity index (χ0n) is 11.3. The van der Waals surface area contributed by atoms with Crippen molar-refractivity contribution < 1.29 is 0 Å². The number of aromatic nitrogens is 3. The van der Waals surface area contributed by atoms with Gasteiger partial charge in [0.2, 0.25) is 0 Å². The van der Waals surface area contributed by atoms with Gasteiger partial charge < -0.3 is 4.57 Å². The molecule has 0 spiro atoms. The number of hydrogen-bond donors (Lipinski definition) is 0. The predicted molar refractivity (Wildman–Crippen MR) is 79.7 cm³/mol. The van der Waals surface area contributed by atoms with E-state index in [-0.39, 0.29) is 0 Å². The maximum atomic E-state index is 4.69. The van der Waals surface area contributed by atoms with Gasteiger partial charge >= 0.3 is 0 Å². The Hall–Kier alpha value is -1.68. The molecule has 0 unspecified atom stereocenters. The highest BCUT2D eigenvalue weighted by Gasteiger charge is 2.10. The molecule has 0 fully saturated rings. The zero-order chi connectivity index (χ0) is 13.2. The molecule has 0 saturated heterocycles. The Bertz CT molecular complexity index is 696. The maximum absolute atomic E-state index is 4.69. The molecule has 2 heterocycles. The van der Waals surface area contributed by atoms with Gasteiger partial charge in [0.25, 0.3) is 0 Å². The SMILES string of the molecule is CCc1nc(Cn2c(CC)nc3ccccc32)cs1. The van der Waals surface area contributed by atoms with Gasteiger partial charge in [-0.15, -0.1) is 11.3 Å². The minimum absolute atomic E-state index is 0.820. The first-order valence-electron chi connectivity index (χ1n) is 6.69. The second-order valence-corrected chi connectivity index (χ2v) is 5.49. The second kappa shape index (κ2) is 5.13. The number of hydrogen-bond acceptors (Lipinski definition) is 3. The summed E-state index contributed by atoms with van der Waals surface area (Å²) in [5.41, 5.74) is 3.41. The lowest BCUT2D eigenvalue weighted by molar-refractivity contribution is 0.737. The van der Waals surface area contributed by atoms with Crippen LogP contribution in [0.15, 0.2) is 29.6 Å². The molecule has 1 aromatic carbocycles. The van der Waals surface area contributed by atoms with E-state index in [0.29, 0.717) is 0 Å². The van der Waals surface area contributed by atoms with E-state index >= 15 is 0 Å². The number of rotatable bonds is 4. The van der Waals surface area contributed by atoms with Crippen LogP contribution in [0.4, 0.5) is 0 Å². The maximum Gasteiger partial charge on any atom is 0.109 e. The van der Waals surface area contributed by atoms with Crippen molar-refractivity contribution in [2.45, 2.75) is 33.2 Å². The average molecular weight is 271 g/mol. The largest absolute Gasteiger partial charge is 0.322 e. The Morgan fingerprint density at radius 3 is 2.68 bits per heavy atom. The van der Waals surface area contributed by atoms with Crippen LogP contribution in [0.2, 0.25) is 0 Å². The summed E-state index contributed by atoms with van der Waals surface area (Å²) in [5, 5.41) is 3.37. The molecule has 0 atom stereocenters. The summed E-state index contributed by atoms with van der Waals surface area (Å²) in [6.45, 7) is 5.11. The molecule has 3 rings (SSSR count). The van der Waals surface area contributed by atoms with Crippen LogP contribution >= 0.6 is 11.3 Å². The lowest BCUT2D eigenvalue weighted by atomic mass is 10.3. The molecule has 3 aromatic rings. The molecule has 0 saturated carbocycles. The monoisotopic (exact) mass is 271 g/mol. The van der Waals surface area contributed by atoms with Gasteiger partial charge in [0, 0.05) is 11.8 Å². The number of aryl methyl sites for hydroxylation is 2. The fourth-order valence-corrected chi connectivity index (χ4v) is 3.05. The summed E-state index contributed by atoms with van der Waals surface area (Å²) in [6.07, 6.45) is 1.95. The van der Waals surface area contributed by atoms with Gasteiger partial charge in [-0.1, -0.05) is 26.0 Å². The van der Waals surface area contributed by atoms with E-state index in [0.717, 1.165) is 36.4 Å². The highest BCUT2D eigenvalue weighted by atomic mass is 32.1. The van der Waals surface area contributed by atoms with E-state index in [1.54, 1.807) is 11.3 Å². The van der Waals surface area contributed by atoms with Gasteiger partial charge in [0.1, 0.15) is 5.82 Å². The van der Waals surface area contributed by atoms with Crippen LogP contribution in [0, 0.1) is 0 Å². The number of fused-ring (bicyclic) bond motifs is 1. The topological polar surface area (TPSA) is 30.7 Å². The third-order valence-corrected chi connectivity index (χ3v) is 4.31. The Labute approximate surface area is 116 Å². The molecule has 98 valence electrons. The van der Waals surface area contributed by atoms with E-state index in [4.69, 9.17) is 4.98 Å². The fraction of sp³-hybridized carbons (Fsp3) is 0.333. The molecule has 19 heavy (non-hydrogen) atoms. The standard InChI is InChI=1S/C15H17N3S/c1-3-14-17-12-7-5-6-8-13(12)18(14)9-11-10-19-15(4-2)16-11/h5-8,10H,3-4,9H2,1-2H3. The van der Waals surface area contributed by atoms with E-state index in [2.05, 4.69) is 47.0 Å². The van der Waals surface area contributed by atoms with Gasteiger partial charge in [0.05, 0.1) is 28.3 Å². The highest BCUT2D eigenvalue weighted by Crippen LogP contribution is 2.19. The summed E-state index contributed by atoms with van der Waals surface area (Å²) in [6, 6.07) is 8.31. The molecular formula is C15H17N3S. The Kier molecular flexibility index (Phi) is 3.34. The van der Waals surface area contributed by atoms with E-state index in [1.165, 1.54) is 10.5 Å². The van der Waals surface area contributed by atoms with E-state index < -0.39 is 0 Å². The fourth-order valence-electron chi connectivity index (χ4n) is 2.32. The number of imidazole rings is 1. The number of para-hydroxylation sites is 2. The van der Waals surface area contributed by atoms with Crippen LogP contribution in [0.3, 0.4) is 0 Å². The molecule has 4 heteroatoms. The van der Waals surface area contributed by atoms with Crippen molar-refractivity contribution >= 4 is 22.4 Å². The lowest BCUT2D eigenvalue weighted by Gasteiger charge is -2.05. The molecule has 3 nitrogen and oxygen atoms in total.